The zero-order valence-corrected chi connectivity index (χ0v) is 27.0. The molecule has 0 atom stereocenters. The van der Waals surface area contributed by atoms with Gasteiger partial charge in [-0.25, -0.2) is 4.39 Å². The lowest BCUT2D eigenvalue weighted by Crippen LogP contribution is -2.58. The van der Waals surface area contributed by atoms with E-state index in [1.807, 2.05) is 19.1 Å². The summed E-state index contributed by atoms with van der Waals surface area (Å²) in [5, 5.41) is 0. The van der Waals surface area contributed by atoms with E-state index in [2.05, 4.69) is 67.0 Å². The van der Waals surface area contributed by atoms with E-state index in [4.69, 9.17) is 14.2 Å². The number of halogens is 1. The first kappa shape index (κ1) is 31.8. The number of carbonyl (C=O) groups is 1. The first-order valence-corrected chi connectivity index (χ1v) is 15.9. The van der Waals surface area contributed by atoms with Gasteiger partial charge in [-0.15, -0.1) is 0 Å². The van der Waals surface area contributed by atoms with Crippen LogP contribution in [0.2, 0.25) is 0 Å². The molecule has 7 heteroatoms. The predicted octanol–water partition coefficient (Wildman–Crippen LogP) is 7.46. The van der Waals surface area contributed by atoms with Crippen LogP contribution in [0, 0.1) is 0 Å². The zero-order valence-electron chi connectivity index (χ0n) is 27.0. The van der Waals surface area contributed by atoms with E-state index >= 15 is 0 Å². The number of piperidine rings is 1. The number of likely N-dealkylation sites (tertiary alicyclic amines) is 1. The van der Waals surface area contributed by atoms with Crippen LogP contribution in [-0.4, -0.2) is 62.9 Å². The SMILES string of the molecule is CCOC1=C(C2=CC=C(F)C=CC2)/C(OC)=C\CC/C(CN2CCC3(CC2)CN(c2ccc(C(C)(C)C)cc2)CC(=O)O3)=C\1. The van der Waals surface area contributed by atoms with Gasteiger partial charge in [0, 0.05) is 38.2 Å². The number of anilines is 1. The van der Waals surface area contributed by atoms with Gasteiger partial charge in [0.1, 0.15) is 29.5 Å². The van der Waals surface area contributed by atoms with Crippen LogP contribution in [0.3, 0.4) is 0 Å². The summed E-state index contributed by atoms with van der Waals surface area (Å²) in [5.41, 5.74) is 5.09. The Bertz CT molecular complexity index is 1400. The van der Waals surface area contributed by atoms with E-state index in [1.54, 1.807) is 7.11 Å². The Balaban J connectivity index is 1.30. The highest BCUT2D eigenvalue weighted by atomic mass is 19.1. The highest BCUT2D eigenvalue weighted by molar-refractivity contribution is 5.78. The predicted molar refractivity (Wildman–Crippen MR) is 174 cm³/mol. The van der Waals surface area contributed by atoms with Crippen LogP contribution in [-0.2, 0) is 24.4 Å². The van der Waals surface area contributed by atoms with Crippen molar-refractivity contribution in [2.24, 2.45) is 0 Å². The van der Waals surface area contributed by atoms with Crippen molar-refractivity contribution in [2.45, 2.75) is 70.8 Å². The van der Waals surface area contributed by atoms with E-state index in [-0.39, 0.29) is 23.8 Å². The number of hydrogen-bond acceptors (Lipinski definition) is 6. The van der Waals surface area contributed by atoms with E-state index in [1.165, 1.54) is 23.3 Å². The van der Waals surface area contributed by atoms with E-state index < -0.39 is 5.60 Å². The molecule has 6 nitrogen and oxygen atoms in total. The fourth-order valence-corrected chi connectivity index (χ4v) is 6.51. The molecule has 0 bridgehead atoms. The van der Waals surface area contributed by atoms with Crippen molar-refractivity contribution in [3.63, 3.8) is 0 Å². The van der Waals surface area contributed by atoms with Gasteiger partial charge in [0.2, 0.25) is 0 Å². The Morgan fingerprint density at radius 2 is 1.84 bits per heavy atom. The third-order valence-corrected chi connectivity index (χ3v) is 8.94. The molecular weight excluding hydrogens is 555 g/mol. The summed E-state index contributed by atoms with van der Waals surface area (Å²) < 4.78 is 32.1. The fourth-order valence-electron chi connectivity index (χ4n) is 6.51. The number of nitrogens with zero attached hydrogens (tertiary/aromatic N) is 2. The maximum atomic E-state index is 14.0. The Hall–Kier alpha value is -3.58. The van der Waals surface area contributed by atoms with Crippen molar-refractivity contribution < 1.29 is 23.4 Å². The number of rotatable bonds is 7. The summed E-state index contributed by atoms with van der Waals surface area (Å²) in [4.78, 5) is 17.5. The van der Waals surface area contributed by atoms with E-state index in [9.17, 15) is 9.18 Å². The molecule has 0 N–H and O–H groups in total. The first-order chi connectivity index (χ1) is 21.1. The normalized spacial score (nSPS) is 25.4. The number of ether oxygens (including phenoxy) is 3. The lowest BCUT2D eigenvalue weighted by molar-refractivity contribution is -0.167. The van der Waals surface area contributed by atoms with Crippen LogP contribution in [0.5, 0.6) is 0 Å². The average Bonchev–Trinajstić information content (AvgIpc) is 3.20. The number of hydrogen-bond donors (Lipinski definition) is 0. The van der Waals surface area contributed by atoms with Crippen molar-refractivity contribution in [1.29, 1.82) is 0 Å². The Labute approximate surface area is 262 Å². The molecule has 0 unspecified atom stereocenters. The molecule has 2 aliphatic carbocycles. The van der Waals surface area contributed by atoms with Crippen LogP contribution in [0.25, 0.3) is 0 Å². The van der Waals surface area contributed by atoms with Crippen LogP contribution in [0.1, 0.15) is 65.4 Å². The zero-order chi connectivity index (χ0) is 31.3. The number of esters is 1. The molecule has 0 saturated carbocycles. The van der Waals surface area contributed by atoms with Gasteiger partial charge in [-0.2, -0.15) is 0 Å². The second-order valence-electron chi connectivity index (χ2n) is 13.2. The number of allylic oxidation sites excluding steroid dienone is 8. The van der Waals surface area contributed by atoms with Gasteiger partial charge in [0.25, 0.3) is 0 Å². The molecule has 0 aromatic heterocycles. The molecule has 44 heavy (non-hydrogen) atoms. The minimum absolute atomic E-state index is 0.0864. The summed E-state index contributed by atoms with van der Waals surface area (Å²) in [6, 6.07) is 8.62. The molecule has 0 amide bonds. The molecule has 2 fully saturated rings. The highest BCUT2D eigenvalue weighted by Crippen LogP contribution is 2.36. The summed E-state index contributed by atoms with van der Waals surface area (Å²) in [6.07, 6.45) is 14.8. The van der Waals surface area contributed by atoms with Crippen LogP contribution >= 0.6 is 0 Å². The standard InChI is InChI=1S/C37H47FN2O4/c1-6-43-33-23-27(9-7-12-32(42-5)35(33)28-10-8-11-30(38)16-13-28)24-39-21-19-37(20-22-39)26-40(25-34(41)44-37)31-17-14-29(15-18-31)36(2,3)4/h8,11-18,23H,6-7,9-10,19-22,24-26H2,1-5H3/b27-23+,32-12+,35-33+. The fraction of sp³-hybridized carbons (Fsp3) is 0.486. The second kappa shape index (κ2) is 13.6. The van der Waals surface area contributed by atoms with Crippen LogP contribution < -0.4 is 4.90 Å². The number of benzene rings is 1. The van der Waals surface area contributed by atoms with Gasteiger partial charge in [-0.1, -0.05) is 50.6 Å². The van der Waals surface area contributed by atoms with Gasteiger partial charge in [-0.3, -0.25) is 9.69 Å². The molecule has 236 valence electrons. The van der Waals surface area contributed by atoms with E-state index in [0.29, 0.717) is 19.6 Å². The Kier molecular flexibility index (Phi) is 9.84. The molecule has 1 aromatic rings. The lowest BCUT2D eigenvalue weighted by atomic mass is 9.86. The summed E-state index contributed by atoms with van der Waals surface area (Å²) in [5.74, 6) is 1.10. The van der Waals surface area contributed by atoms with Crippen molar-refractivity contribution in [3.05, 3.63) is 100 Å². The number of methoxy groups -OCH3 is 1. The molecule has 0 radical (unpaired) electrons. The molecule has 2 saturated heterocycles. The molecule has 1 aromatic carbocycles. The monoisotopic (exact) mass is 602 g/mol. The largest absolute Gasteiger partial charge is 0.496 e. The lowest BCUT2D eigenvalue weighted by Gasteiger charge is -2.47. The molecule has 2 aliphatic heterocycles. The van der Waals surface area contributed by atoms with Gasteiger partial charge in [0.05, 0.1) is 25.8 Å². The Morgan fingerprint density at radius 1 is 1.09 bits per heavy atom. The molecule has 1 spiro atoms. The highest BCUT2D eigenvalue weighted by Gasteiger charge is 2.43. The van der Waals surface area contributed by atoms with E-state index in [0.717, 1.165) is 73.7 Å². The Morgan fingerprint density at radius 3 is 2.52 bits per heavy atom. The number of carbonyl (C=O) groups excluding carboxylic acids is 1. The summed E-state index contributed by atoms with van der Waals surface area (Å²) in [7, 11) is 1.68. The quantitative estimate of drug-likeness (QED) is 0.302. The number of morpholine rings is 1. The smallest absolute Gasteiger partial charge is 0.326 e. The first-order valence-electron chi connectivity index (χ1n) is 15.9. The third-order valence-electron chi connectivity index (χ3n) is 8.94. The molecule has 5 rings (SSSR count). The summed E-state index contributed by atoms with van der Waals surface area (Å²) in [6.45, 7) is 12.6. The topological polar surface area (TPSA) is 51.2 Å². The van der Waals surface area contributed by atoms with Crippen LogP contribution in [0.15, 0.2) is 94.8 Å². The molecule has 2 heterocycles. The van der Waals surface area contributed by atoms with Crippen molar-refractivity contribution in [2.75, 3.05) is 51.3 Å². The second-order valence-corrected chi connectivity index (χ2v) is 13.2. The van der Waals surface area contributed by atoms with Gasteiger partial charge < -0.3 is 19.1 Å². The van der Waals surface area contributed by atoms with Crippen molar-refractivity contribution in [3.8, 4) is 0 Å². The van der Waals surface area contributed by atoms with Crippen molar-refractivity contribution >= 4 is 11.7 Å². The van der Waals surface area contributed by atoms with Gasteiger partial charge in [-0.05, 0) is 79.2 Å². The van der Waals surface area contributed by atoms with Crippen LogP contribution in [0.4, 0.5) is 10.1 Å². The van der Waals surface area contributed by atoms with Gasteiger partial charge in [0.15, 0.2) is 0 Å². The summed E-state index contributed by atoms with van der Waals surface area (Å²) >= 11 is 0. The maximum absolute atomic E-state index is 14.0. The molecular formula is C37H47FN2O4. The van der Waals surface area contributed by atoms with Crippen molar-refractivity contribution in [1.82, 2.24) is 4.90 Å². The molecule has 4 aliphatic rings. The average molecular weight is 603 g/mol. The maximum Gasteiger partial charge on any atom is 0.326 e. The minimum atomic E-state index is -0.466. The van der Waals surface area contributed by atoms with Gasteiger partial charge >= 0.3 is 5.97 Å². The third kappa shape index (κ3) is 7.55. The minimum Gasteiger partial charge on any atom is -0.496 e.